The molecule has 5 nitrogen and oxygen atoms in total. The predicted molar refractivity (Wildman–Crippen MR) is 100.0 cm³/mol. The molecule has 1 atom stereocenters. The molecule has 1 aliphatic heterocycles. The number of nitrogens with zero attached hydrogens (tertiary/aromatic N) is 3. The summed E-state index contributed by atoms with van der Waals surface area (Å²) in [6, 6.07) is 9.47. The monoisotopic (exact) mass is 349 g/mol. The van der Waals surface area contributed by atoms with Gasteiger partial charge >= 0.3 is 0 Å². The van der Waals surface area contributed by atoms with E-state index in [1.807, 2.05) is 49.1 Å². The smallest absolute Gasteiger partial charge is 0.254 e. The molecule has 0 radical (unpaired) electrons. The van der Waals surface area contributed by atoms with Crippen LogP contribution < -0.4 is 0 Å². The number of amides is 1. The standard InChI is InChI=1S/C21H23N3O2/c1-14-15(2)23-18-13-16(9-10-17(18)22-14)21(25)24-11-5-3-4-7-19(24)20-8-6-12-26-20/h6,8-10,12-13,19H,3-5,7,11H2,1-2H3/t19-/m1/s1. The van der Waals surface area contributed by atoms with Gasteiger partial charge in [-0.1, -0.05) is 12.8 Å². The lowest BCUT2D eigenvalue weighted by atomic mass is 10.1. The first-order chi connectivity index (χ1) is 12.6. The third kappa shape index (κ3) is 3.09. The van der Waals surface area contributed by atoms with Crippen LogP contribution in [-0.4, -0.2) is 27.3 Å². The number of rotatable bonds is 2. The summed E-state index contributed by atoms with van der Waals surface area (Å²) in [6.07, 6.45) is 5.89. The first kappa shape index (κ1) is 16.8. The summed E-state index contributed by atoms with van der Waals surface area (Å²) in [4.78, 5) is 24.4. The van der Waals surface area contributed by atoms with Gasteiger partial charge in [-0.25, -0.2) is 9.97 Å². The summed E-state index contributed by atoms with van der Waals surface area (Å²) in [7, 11) is 0. The van der Waals surface area contributed by atoms with Gasteiger partial charge in [-0.2, -0.15) is 0 Å². The van der Waals surface area contributed by atoms with E-state index in [4.69, 9.17) is 4.42 Å². The molecule has 0 bridgehead atoms. The first-order valence-electron chi connectivity index (χ1n) is 9.23. The van der Waals surface area contributed by atoms with E-state index in [1.165, 1.54) is 0 Å². The number of benzene rings is 1. The molecule has 4 rings (SSSR count). The molecular formula is C21H23N3O2. The molecule has 3 aromatic rings. The Balaban J connectivity index is 1.70. The highest BCUT2D eigenvalue weighted by Gasteiger charge is 2.29. The molecule has 1 fully saturated rings. The Morgan fingerprint density at radius 2 is 1.88 bits per heavy atom. The molecule has 26 heavy (non-hydrogen) atoms. The van der Waals surface area contributed by atoms with Gasteiger partial charge in [-0.05, 0) is 57.0 Å². The van der Waals surface area contributed by atoms with Gasteiger partial charge in [-0.15, -0.1) is 0 Å². The maximum atomic E-state index is 13.3. The van der Waals surface area contributed by atoms with E-state index in [0.29, 0.717) is 5.56 Å². The zero-order valence-electron chi connectivity index (χ0n) is 15.2. The van der Waals surface area contributed by atoms with E-state index < -0.39 is 0 Å². The Morgan fingerprint density at radius 1 is 1.08 bits per heavy atom. The van der Waals surface area contributed by atoms with Crippen LogP contribution in [0.15, 0.2) is 41.0 Å². The highest BCUT2D eigenvalue weighted by Crippen LogP contribution is 2.32. The quantitative estimate of drug-likeness (QED) is 0.678. The predicted octanol–water partition coefficient (Wildman–Crippen LogP) is 4.60. The van der Waals surface area contributed by atoms with Gasteiger partial charge < -0.3 is 9.32 Å². The Hall–Kier alpha value is -2.69. The topological polar surface area (TPSA) is 59.2 Å². The molecule has 0 unspecified atom stereocenters. The normalized spacial score (nSPS) is 18.1. The van der Waals surface area contributed by atoms with Crippen LogP contribution in [-0.2, 0) is 0 Å². The van der Waals surface area contributed by atoms with Crippen molar-refractivity contribution in [1.29, 1.82) is 0 Å². The van der Waals surface area contributed by atoms with Crippen molar-refractivity contribution in [2.75, 3.05) is 6.54 Å². The Morgan fingerprint density at radius 3 is 2.65 bits per heavy atom. The molecule has 0 saturated carbocycles. The van der Waals surface area contributed by atoms with Gasteiger partial charge in [0, 0.05) is 12.1 Å². The largest absolute Gasteiger partial charge is 0.467 e. The number of hydrogen-bond donors (Lipinski definition) is 0. The van der Waals surface area contributed by atoms with Crippen LogP contribution in [0.2, 0.25) is 0 Å². The van der Waals surface area contributed by atoms with Gasteiger partial charge in [0.1, 0.15) is 5.76 Å². The van der Waals surface area contributed by atoms with E-state index in [2.05, 4.69) is 9.97 Å². The van der Waals surface area contributed by atoms with Gasteiger partial charge in [-0.3, -0.25) is 4.79 Å². The second-order valence-electron chi connectivity index (χ2n) is 6.98. The lowest BCUT2D eigenvalue weighted by molar-refractivity contribution is 0.0658. The molecular weight excluding hydrogens is 326 g/mol. The molecule has 3 heterocycles. The maximum Gasteiger partial charge on any atom is 0.254 e. The van der Waals surface area contributed by atoms with Crippen molar-refractivity contribution in [2.24, 2.45) is 0 Å². The summed E-state index contributed by atoms with van der Waals surface area (Å²) in [5.41, 5.74) is 4.06. The van der Waals surface area contributed by atoms with Crippen molar-refractivity contribution in [3.05, 3.63) is 59.3 Å². The van der Waals surface area contributed by atoms with Crippen molar-refractivity contribution in [2.45, 2.75) is 45.6 Å². The Labute approximate surface area is 153 Å². The average molecular weight is 349 g/mol. The van der Waals surface area contributed by atoms with Crippen LogP contribution in [0.1, 0.15) is 59.2 Å². The van der Waals surface area contributed by atoms with Crippen LogP contribution in [0.4, 0.5) is 0 Å². The molecule has 5 heteroatoms. The SMILES string of the molecule is Cc1nc2ccc(C(=O)N3CCCCC[C@@H]3c3ccco3)cc2nc1C. The highest BCUT2D eigenvalue weighted by molar-refractivity contribution is 5.97. The van der Waals surface area contributed by atoms with E-state index in [1.54, 1.807) is 6.26 Å². The van der Waals surface area contributed by atoms with E-state index in [-0.39, 0.29) is 11.9 Å². The van der Waals surface area contributed by atoms with E-state index in [0.717, 1.165) is 60.4 Å². The molecule has 0 spiro atoms. The van der Waals surface area contributed by atoms with Gasteiger partial charge in [0.15, 0.2) is 0 Å². The molecule has 0 N–H and O–H groups in total. The van der Waals surface area contributed by atoms with Crippen molar-refractivity contribution < 1.29 is 9.21 Å². The lowest BCUT2D eigenvalue weighted by Crippen LogP contribution is -2.34. The number of hydrogen-bond acceptors (Lipinski definition) is 4. The van der Waals surface area contributed by atoms with E-state index >= 15 is 0 Å². The van der Waals surface area contributed by atoms with Crippen LogP contribution >= 0.6 is 0 Å². The number of likely N-dealkylation sites (tertiary alicyclic amines) is 1. The molecule has 1 saturated heterocycles. The Bertz CT molecular complexity index is 934. The van der Waals surface area contributed by atoms with Crippen LogP contribution in [0.5, 0.6) is 0 Å². The highest BCUT2D eigenvalue weighted by atomic mass is 16.3. The second kappa shape index (κ2) is 6.90. The average Bonchev–Trinajstić information content (AvgIpc) is 3.06. The van der Waals surface area contributed by atoms with Gasteiger partial charge in [0.2, 0.25) is 0 Å². The number of aromatic nitrogens is 2. The fourth-order valence-corrected chi connectivity index (χ4v) is 3.66. The summed E-state index contributed by atoms with van der Waals surface area (Å²) < 4.78 is 5.63. The Kier molecular flexibility index (Phi) is 4.45. The van der Waals surface area contributed by atoms with Gasteiger partial charge in [0.05, 0.1) is 34.7 Å². The summed E-state index contributed by atoms with van der Waals surface area (Å²) in [6.45, 7) is 4.64. The van der Waals surface area contributed by atoms with Crippen LogP contribution in [0, 0.1) is 13.8 Å². The number of furan rings is 1. The molecule has 134 valence electrons. The molecule has 1 aromatic carbocycles. The molecule has 0 aliphatic carbocycles. The van der Waals surface area contributed by atoms with Crippen molar-refractivity contribution >= 4 is 16.9 Å². The summed E-state index contributed by atoms with van der Waals surface area (Å²) in [5.74, 6) is 0.905. The summed E-state index contributed by atoms with van der Waals surface area (Å²) in [5, 5.41) is 0. The second-order valence-corrected chi connectivity index (χ2v) is 6.98. The zero-order chi connectivity index (χ0) is 18.1. The van der Waals surface area contributed by atoms with E-state index in [9.17, 15) is 4.79 Å². The minimum Gasteiger partial charge on any atom is -0.467 e. The number of fused-ring (bicyclic) bond motifs is 1. The molecule has 1 amide bonds. The third-order valence-electron chi connectivity index (χ3n) is 5.21. The fourth-order valence-electron chi connectivity index (χ4n) is 3.66. The first-order valence-corrected chi connectivity index (χ1v) is 9.23. The maximum absolute atomic E-state index is 13.3. The zero-order valence-corrected chi connectivity index (χ0v) is 15.2. The lowest BCUT2D eigenvalue weighted by Gasteiger charge is -2.28. The van der Waals surface area contributed by atoms with Crippen molar-refractivity contribution in [1.82, 2.24) is 14.9 Å². The number of carbonyl (C=O) groups excluding carboxylic acids is 1. The van der Waals surface area contributed by atoms with Crippen LogP contribution in [0.3, 0.4) is 0 Å². The fraction of sp³-hybridized carbons (Fsp3) is 0.381. The van der Waals surface area contributed by atoms with Crippen molar-refractivity contribution in [3.8, 4) is 0 Å². The minimum absolute atomic E-state index is 0.00142. The van der Waals surface area contributed by atoms with Crippen LogP contribution in [0.25, 0.3) is 11.0 Å². The minimum atomic E-state index is 0.00142. The van der Waals surface area contributed by atoms with Crippen molar-refractivity contribution in [3.63, 3.8) is 0 Å². The molecule has 2 aromatic heterocycles. The number of aryl methyl sites for hydroxylation is 2. The third-order valence-corrected chi connectivity index (χ3v) is 5.21. The summed E-state index contributed by atoms with van der Waals surface area (Å²) >= 11 is 0. The number of carbonyl (C=O) groups is 1. The van der Waals surface area contributed by atoms with Gasteiger partial charge in [0.25, 0.3) is 5.91 Å². The molecule has 1 aliphatic rings.